The van der Waals surface area contributed by atoms with Crippen molar-refractivity contribution in [3.63, 3.8) is 0 Å². The number of amides is 1. The number of nitrogens with zero attached hydrogens (tertiary/aromatic N) is 3. The van der Waals surface area contributed by atoms with E-state index in [1.807, 2.05) is 66.7 Å². The molecular formula is C23H22N4O2. The van der Waals surface area contributed by atoms with Gasteiger partial charge in [0.05, 0.1) is 12.3 Å². The van der Waals surface area contributed by atoms with Crippen LogP contribution >= 0.6 is 0 Å². The lowest BCUT2D eigenvalue weighted by Crippen LogP contribution is -2.27. The van der Waals surface area contributed by atoms with E-state index >= 15 is 0 Å². The highest BCUT2D eigenvalue weighted by atomic mass is 16.5. The summed E-state index contributed by atoms with van der Waals surface area (Å²) in [5, 5.41) is 8.42. The second-order valence-electron chi connectivity index (χ2n) is 6.69. The Morgan fingerprint density at radius 1 is 1.07 bits per heavy atom. The van der Waals surface area contributed by atoms with Crippen LogP contribution < -0.4 is 10.1 Å². The van der Waals surface area contributed by atoms with Crippen molar-refractivity contribution in [2.75, 3.05) is 13.2 Å². The maximum absolute atomic E-state index is 12.5. The van der Waals surface area contributed by atoms with Crippen LogP contribution in [-0.2, 0) is 7.05 Å². The fourth-order valence-corrected chi connectivity index (χ4v) is 3.17. The SMILES string of the molecule is Cn1nc(-c2ccccc2)cc1C(=O)NCCCOc1cccc2cccnc12. The minimum absolute atomic E-state index is 0.144. The van der Waals surface area contributed by atoms with Gasteiger partial charge in [-0.1, -0.05) is 48.5 Å². The van der Waals surface area contributed by atoms with E-state index in [0.717, 1.165) is 27.9 Å². The number of fused-ring (bicyclic) bond motifs is 1. The lowest BCUT2D eigenvalue weighted by Gasteiger charge is -2.09. The van der Waals surface area contributed by atoms with E-state index in [1.165, 1.54) is 0 Å². The molecule has 146 valence electrons. The van der Waals surface area contributed by atoms with Crippen molar-refractivity contribution in [1.29, 1.82) is 0 Å². The largest absolute Gasteiger partial charge is 0.491 e. The Bertz CT molecular complexity index is 1120. The average molecular weight is 386 g/mol. The topological polar surface area (TPSA) is 69.0 Å². The molecule has 4 aromatic rings. The number of rotatable bonds is 7. The van der Waals surface area contributed by atoms with Crippen LogP contribution in [0.15, 0.2) is 72.9 Å². The van der Waals surface area contributed by atoms with Crippen LogP contribution in [0, 0.1) is 0 Å². The summed E-state index contributed by atoms with van der Waals surface area (Å²) >= 11 is 0. The molecule has 0 atom stereocenters. The van der Waals surface area contributed by atoms with E-state index < -0.39 is 0 Å². The van der Waals surface area contributed by atoms with Crippen molar-refractivity contribution in [2.45, 2.75) is 6.42 Å². The zero-order chi connectivity index (χ0) is 20.1. The first kappa shape index (κ1) is 18.7. The number of hydrogen-bond acceptors (Lipinski definition) is 4. The number of aromatic nitrogens is 3. The van der Waals surface area contributed by atoms with Gasteiger partial charge in [-0.25, -0.2) is 0 Å². The first-order chi connectivity index (χ1) is 14.2. The van der Waals surface area contributed by atoms with Gasteiger partial charge in [-0.2, -0.15) is 5.10 Å². The zero-order valence-electron chi connectivity index (χ0n) is 16.2. The van der Waals surface area contributed by atoms with Gasteiger partial charge in [-0.3, -0.25) is 14.5 Å². The first-order valence-electron chi connectivity index (χ1n) is 9.56. The normalized spacial score (nSPS) is 10.8. The van der Waals surface area contributed by atoms with Crippen LogP contribution in [0.3, 0.4) is 0 Å². The summed E-state index contributed by atoms with van der Waals surface area (Å²) in [7, 11) is 1.78. The number of hydrogen-bond donors (Lipinski definition) is 1. The Labute approximate surface area is 169 Å². The molecule has 6 heteroatoms. The second kappa shape index (κ2) is 8.56. The van der Waals surface area contributed by atoms with Gasteiger partial charge in [0.15, 0.2) is 0 Å². The summed E-state index contributed by atoms with van der Waals surface area (Å²) in [5.74, 6) is 0.613. The lowest BCUT2D eigenvalue weighted by atomic mass is 10.1. The van der Waals surface area contributed by atoms with Gasteiger partial charge >= 0.3 is 0 Å². The molecular weight excluding hydrogens is 364 g/mol. The van der Waals surface area contributed by atoms with Crippen LogP contribution in [-0.4, -0.2) is 33.8 Å². The molecule has 0 saturated heterocycles. The molecule has 4 rings (SSSR count). The smallest absolute Gasteiger partial charge is 0.269 e. The quantitative estimate of drug-likeness (QED) is 0.490. The molecule has 6 nitrogen and oxygen atoms in total. The number of carbonyl (C=O) groups is 1. The number of pyridine rings is 1. The molecule has 0 spiro atoms. The highest BCUT2D eigenvalue weighted by molar-refractivity contribution is 5.93. The standard InChI is InChI=1S/C23H22N4O2/c1-27-20(16-19(26-27)17-8-3-2-4-9-17)23(28)25-14-7-15-29-21-12-5-10-18-11-6-13-24-22(18)21/h2-6,8-13,16H,7,14-15H2,1H3,(H,25,28). The predicted molar refractivity (Wildman–Crippen MR) is 113 cm³/mol. The Morgan fingerprint density at radius 3 is 2.76 bits per heavy atom. The van der Waals surface area contributed by atoms with Crippen molar-refractivity contribution in [3.05, 3.63) is 78.6 Å². The highest BCUT2D eigenvalue weighted by Crippen LogP contribution is 2.23. The Kier molecular flexibility index (Phi) is 5.52. The Balaban J connectivity index is 1.30. The van der Waals surface area contributed by atoms with E-state index in [-0.39, 0.29) is 5.91 Å². The summed E-state index contributed by atoms with van der Waals surface area (Å²) in [6, 6.07) is 21.4. The Hall–Kier alpha value is -3.67. The van der Waals surface area contributed by atoms with Crippen LogP contribution in [0.1, 0.15) is 16.9 Å². The van der Waals surface area contributed by atoms with E-state index in [2.05, 4.69) is 15.4 Å². The first-order valence-corrected chi connectivity index (χ1v) is 9.56. The van der Waals surface area contributed by atoms with Crippen molar-refractivity contribution in [1.82, 2.24) is 20.1 Å². The molecule has 2 heterocycles. The molecule has 0 radical (unpaired) electrons. The summed E-state index contributed by atoms with van der Waals surface area (Å²) in [4.78, 5) is 16.9. The highest BCUT2D eigenvalue weighted by Gasteiger charge is 2.13. The predicted octanol–water partition coefficient (Wildman–Crippen LogP) is 3.83. The summed E-state index contributed by atoms with van der Waals surface area (Å²) < 4.78 is 7.47. The average Bonchev–Trinajstić information content (AvgIpc) is 3.16. The molecule has 0 fully saturated rings. The van der Waals surface area contributed by atoms with E-state index in [4.69, 9.17) is 4.74 Å². The van der Waals surface area contributed by atoms with Gasteiger partial charge in [0, 0.05) is 30.7 Å². The Morgan fingerprint density at radius 2 is 1.90 bits per heavy atom. The van der Waals surface area contributed by atoms with Gasteiger partial charge in [0.25, 0.3) is 5.91 Å². The van der Waals surface area contributed by atoms with Crippen LogP contribution in [0.5, 0.6) is 5.75 Å². The maximum atomic E-state index is 12.5. The molecule has 29 heavy (non-hydrogen) atoms. The summed E-state index contributed by atoms with van der Waals surface area (Å²) in [6.45, 7) is 1.01. The number of nitrogens with one attached hydrogen (secondary N) is 1. The summed E-state index contributed by atoms with van der Waals surface area (Å²) in [5.41, 5.74) is 3.15. The van der Waals surface area contributed by atoms with E-state index in [9.17, 15) is 4.79 Å². The number of ether oxygens (including phenoxy) is 1. The minimum Gasteiger partial charge on any atom is -0.491 e. The van der Waals surface area contributed by atoms with Crippen molar-refractivity contribution in [3.8, 4) is 17.0 Å². The lowest BCUT2D eigenvalue weighted by molar-refractivity contribution is 0.0942. The molecule has 0 aliphatic heterocycles. The second-order valence-corrected chi connectivity index (χ2v) is 6.69. The zero-order valence-corrected chi connectivity index (χ0v) is 16.2. The molecule has 1 N–H and O–H groups in total. The maximum Gasteiger partial charge on any atom is 0.269 e. The van der Waals surface area contributed by atoms with Crippen LogP contribution in [0.25, 0.3) is 22.2 Å². The van der Waals surface area contributed by atoms with E-state index in [0.29, 0.717) is 25.3 Å². The minimum atomic E-state index is -0.144. The molecule has 0 bridgehead atoms. The summed E-state index contributed by atoms with van der Waals surface area (Å²) in [6.07, 6.45) is 2.45. The fraction of sp³-hybridized carbons (Fsp3) is 0.174. The van der Waals surface area contributed by atoms with Gasteiger partial charge in [-0.15, -0.1) is 0 Å². The fourth-order valence-electron chi connectivity index (χ4n) is 3.17. The number of carbonyl (C=O) groups excluding carboxylic acids is 1. The van der Waals surface area contributed by atoms with Gasteiger partial charge in [-0.05, 0) is 24.6 Å². The third kappa shape index (κ3) is 4.27. The van der Waals surface area contributed by atoms with Crippen molar-refractivity contribution >= 4 is 16.8 Å². The monoisotopic (exact) mass is 386 g/mol. The number of benzene rings is 2. The third-order valence-corrected chi connectivity index (χ3v) is 4.64. The van der Waals surface area contributed by atoms with Crippen LogP contribution in [0.2, 0.25) is 0 Å². The van der Waals surface area contributed by atoms with E-state index in [1.54, 1.807) is 17.9 Å². The van der Waals surface area contributed by atoms with Crippen molar-refractivity contribution < 1.29 is 9.53 Å². The van der Waals surface area contributed by atoms with Crippen molar-refractivity contribution in [2.24, 2.45) is 7.05 Å². The molecule has 0 unspecified atom stereocenters. The molecule has 1 amide bonds. The molecule has 2 aromatic carbocycles. The molecule has 0 saturated carbocycles. The van der Waals surface area contributed by atoms with Gasteiger partial charge in [0.1, 0.15) is 17.0 Å². The van der Waals surface area contributed by atoms with Gasteiger partial charge < -0.3 is 10.1 Å². The molecule has 2 aromatic heterocycles. The third-order valence-electron chi connectivity index (χ3n) is 4.64. The molecule has 0 aliphatic carbocycles. The number of aryl methyl sites for hydroxylation is 1. The van der Waals surface area contributed by atoms with Crippen LogP contribution in [0.4, 0.5) is 0 Å². The number of para-hydroxylation sites is 1. The van der Waals surface area contributed by atoms with Gasteiger partial charge in [0.2, 0.25) is 0 Å². The molecule has 0 aliphatic rings.